The zero-order valence-corrected chi connectivity index (χ0v) is 20.7. The maximum absolute atomic E-state index is 4.39. The van der Waals surface area contributed by atoms with Crippen LogP contribution in [0, 0.1) is 11.3 Å². The summed E-state index contributed by atoms with van der Waals surface area (Å²) in [4.78, 5) is 4.36. The number of hydrogen-bond acceptors (Lipinski definition) is 4. The summed E-state index contributed by atoms with van der Waals surface area (Å²) in [6.07, 6.45) is 9.32. The molecule has 6 nitrogen and oxygen atoms in total. The van der Waals surface area contributed by atoms with Gasteiger partial charge in [-0.05, 0) is 43.3 Å². The summed E-state index contributed by atoms with van der Waals surface area (Å²) in [5, 5.41) is 16.7. The molecule has 1 aliphatic carbocycles. The van der Waals surface area contributed by atoms with Gasteiger partial charge in [-0.25, -0.2) is 0 Å². The van der Waals surface area contributed by atoms with Crippen molar-refractivity contribution >= 4 is 41.7 Å². The number of nitrogens with one attached hydrogen (secondary N) is 2. The second-order valence-corrected chi connectivity index (χ2v) is 8.54. The number of thioether (sulfide) groups is 1. The number of halogens is 1. The predicted octanol–water partition coefficient (Wildman–Crippen LogP) is 3.95. The quantitative estimate of drug-likeness (QED) is 0.165. The third-order valence-corrected chi connectivity index (χ3v) is 6.08. The fraction of sp³-hybridized carbons (Fsp3) is 0.842. The molecule has 0 bridgehead atoms. The van der Waals surface area contributed by atoms with Gasteiger partial charge in [0.2, 0.25) is 0 Å². The molecule has 1 heterocycles. The van der Waals surface area contributed by atoms with Crippen molar-refractivity contribution in [3.8, 4) is 0 Å². The molecule has 0 aliphatic heterocycles. The Bertz CT molecular complexity index is 577. The van der Waals surface area contributed by atoms with Crippen LogP contribution >= 0.6 is 35.7 Å². The molecule has 2 N–H and O–H groups in total. The number of aliphatic imine (C=N–C) groups is 1. The molecule has 156 valence electrons. The van der Waals surface area contributed by atoms with Gasteiger partial charge in [0.15, 0.2) is 11.1 Å². The summed E-state index contributed by atoms with van der Waals surface area (Å²) in [7, 11) is 1.85. The predicted molar refractivity (Wildman–Crippen MR) is 126 cm³/mol. The molecule has 1 saturated carbocycles. The van der Waals surface area contributed by atoms with Gasteiger partial charge in [-0.3, -0.25) is 4.99 Å². The molecule has 0 saturated heterocycles. The Morgan fingerprint density at radius 2 is 2.04 bits per heavy atom. The summed E-state index contributed by atoms with van der Waals surface area (Å²) < 4.78 is 2.27. The van der Waals surface area contributed by atoms with E-state index in [1.807, 2.05) is 7.05 Å². The van der Waals surface area contributed by atoms with Gasteiger partial charge in [0.25, 0.3) is 0 Å². The van der Waals surface area contributed by atoms with Crippen LogP contribution in [-0.2, 0) is 13.0 Å². The second-order valence-electron chi connectivity index (χ2n) is 7.77. The molecule has 1 aromatic rings. The van der Waals surface area contributed by atoms with Crippen LogP contribution in [0.5, 0.6) is 0 Å². The van der Waals surface area contributed by atoms with Crippen LogP contribution in [0.25, 0.3) is 0 Å². The molecular formula is C19H37IN6S. The van der Waals surface area contributed by atoms with Crippen molar-refractivity contribution in [1.82, 2.24) is 25.4 Å². The third kappa shape index (κ3) is 7.11. The van der Waals surface area contributed by atoms with Crippen molar-refractivity contribution in [2.45, 2.75) is 71.0 Å². The molecule has 0 unspecified atom stereocenters. The number of aromatic nitrogens is 3. The van der Waals surface area contributed by atoms with Crippen LogP contribution in [0.4, 0.5) is 0 Å². The monoisotopic (exact) mass is 508 g/mol. The highest BCUT2D eigenvalue weighted by molar-refractivity contribution is 14.0. The Morgan fingerprint density at radius 3 is 2.56 bits per heavy atom. The lowest BCUT2D eigenvalue weighted by molar-refractivity contribution is 0.131. The van der Waals surface area contributed by atoms with Crippen LogP contribution in [0.15, 0.2) is 10.1 Å². The molecule has 1 fully saturated rings. The molecular weight excluding hydrogens is 471 g/mol. The summed E-state index contributed by atoms with van der Waals surface area (Å²) in [6, 6.07) is 0. The van der Waals surface area contributed by atoms with E-state index in [4.69, 9.17) is 0 Å². The van der Waals surface area contributed by atoms with Gasteiger partial charge >= 0.3 is 0 Å². The zero-order chi connectivity index (χ0) is 19.0. The molecule has 2 rings (SSSR count). The van der Waals surface area contributed by atoms with E-state index >= 15 is 0 Å². The van der Waals surface area contributed by atoms with E-state index in [1.54, 1.807) is 11.8 Å². The van der Waals surface area contributed by atoms with Gasteiger partial charge in [0.1, 0.15) is 5.82 Å². The van der Waals surface area contributed by atoms with E-state index < -0.39 is 0 Å². The van der Waals surface area contributed by atoms with E-state index in [1.165, 1.54) is 25.7 Å². The number of hydrogen-bond donors (Lipinski definition) is 2. The van der Waals surface area contributed by atoms with Crippen LogP contribution in [0.2, 0.25) is 0 Å². The minimum absolute atomic E-state index is 0. The molecule has 1 aliphatic rings. The minimum atomic E-state index is 0. The highest BCUT2D eigenvalue weighted by Gasteiger charge is 2.34. The fourth-order valence-corrected chi connectivity index (χ4v) is 4.00. The topological polar surface area (TPSA) is 67.1 Å². The number of rotatable bonds is 10. The van der Waals surface area contributed by atoms with Gasteiger partial charge in [-0.15, -0.1) is 34.2 Å². The van der Waals surface area contributed by atoms with Gasteiger partial charge < -0.3 is 15.2 Å². The lowest BCUT2D eigenvalue weighted by atomic mass is 9.67. The van der Waals surface area contributed by atoms with Crippen molar-refractivity contribution in [3.63, 3.8) is 0 Å². The highest BCUT2D eigenvalue weighted by atomic mass is 127. The average Bonchev–Trinajstić information content (AvgIpc) is 2.97. The molecule has 0 atom stereocenters. The van der Waals surface area contributed by atoms with Gasteiger partial charge in [0, 0.05) is 33.1 Å². The van der Waals surface area contributed by atoms with E-state index in [2.05, 4.69) is 57.4 Å². The minimum Gasteiger partial charge on any atom is -0.356 e. The SMILES string of the molecule is CCC1(CNC(=NC)NCCCc2nnc(SC)n2CC(C)C)CCC1.I. The normalized spacial score (nSPS) is 16.0. The number of nitrogens with zero attached hydrogens (tertiary/aromatic N) is 4. The van der Waals surface area contributed by atoms with Crippen LogP contribution in [0.1, 0.15) is 58.7 Å². The molecule has 1 aromatic heterocycles. The maximum Gasteiger partial charge on any atom is 0.190 e. The second kappa shape index (κ2) is 12.1. The molecule has 0 radical (unpaired) electrons. The van der Waals surface area contributed by atoms with Crippen LogP contribution in [-0.4, -0.2) is 47.1 Å². The Labute approximate surface area is 186 Å². The molecule has 0 aromatic carbocycles. The van der Waals surface area contributed by atoms with E-state index in [-0.39, 0.29) is 24.0 Å². The number of aryl methyl sites for hydroxylation is 1. The first-order valence-electron chi connectivity index (χ1n) is 9.94. The van der Waals surface area contributed by atoms with Crippen molar-refractivity contribution in [2.24, 2.45) is 16.3 Å². The van der Waals surface area contributed by atoms with Crippen molar-refractivity contribution in [1.29, 1.82) is 0 Å². The average molecular weight is 509 g/mol. The van der Waals surface area contributed by atoms with Crippen molar-refractivity contribution in [2.75, 3.05) is 26.4 Å². The van der Waals surface area contributed by atoms with Crippen molar-refractivity contribution in [3.05, 3.63) is 5.82 Å². The van der Waals surface area contributed by atoms with Gasteiger partial charge in [-0.1, -0.05) is 39.0 Å². The molecule has 8 heteroatoms. The summed E-state index contributed by atoms with van der Waals surface area (Å²) in [5.41, 5.74) is 0.499. The first kappa shape index (κ1) is 24.5. The standard InChI is InChI=1S/C19H36N6S.HI/c1-6-19(10-8-11-19)14-22-17(20-4)21-12-7-9-16-23-24-18(26-5)25(16)13-15(2)3;/h15H,6-14H2,1-5H3,(H2,20,21,22);1H. The zero-order valence-electron chi connectivity index (χ0n) is 17.5. The Hall–Kier alpha value is -0.510. The first-order chi connectivity index (χ1) is 12.5. The maximum atomic E-state index is 4.39. The Kier molecular flexibility index (Phi) is 11.0. The van der Waals surface area contributed by atoms with E-state index in [0.29, 0.717) is 11.3 Å². The van der Waals surface area contributed by atoms with Crippen molar-refractivity contribution < 1.29 is 0 Å². The van der Waals surface area contributed by atoms with Crippen LogP contribution < -0.4 is 10.6 Å². The summed E-state index contributed by atoms with van der Waals surface area (Å²) >= 11 is 1.67. The highest BCUT2D eigenvalue weighted by Crippen LogP contribution is 2.42. The van der Waals surface area contributed by atoms with E-state index in [9.17, 15) is 0 Å². The third-order valence-electron chi connectivity index (χ3n) is 5.41. The Morgan fingerprint density at radius 1 is 1.30 bits per heavy atom. The lowest BCUT2D eigenvalue weighted by Crippen LogP contribution is -2.46. The molecule has 0 amide bonds. The molecule has 0 spiro atoms. The molecule has 27 heavy (non-hydrogen) atoms. The number of guanidine groups is 1. The van der Waals surface area contributed by atoms with Gasteiger partial charge in [0.05, 0.1) is 0 Å². The van der Waals surface area contributed by atoms with E-state index in [0.717, 1.165) is 49.4 Å². The Balaban J connectivity index is 0.00000364. The largest absolute Gasteiger partial charge is 0.356 e. The smallest absolute Gasteiger partial charge is 0.190 e. The van der Waals surface area contributed by atoms with Crippen LogP contribution in [0.3, 0.4) is 0 Å². The fourth-order valence-electron chi connectivity index (χ4n) is 3.48. The summed E-state index contributed by atoms with van der Waals surface area (Å²) in [5.74, 6) is 2.60. The first-order valence-corrected chi connectivity index (χ1v) is 11.2. The van der Waals surface area contributed by atoms with Gasteiger partial charge in [-0.2, -0.15) is 0 Å². The summed E-state index contributed by atoms with van der Waals surface area (Å²) in [6.45, 7) is 9.67. The lowest BCUT2D eigenvalue weighted by Gasteiger charge is -2.41.